The zero-order chi connectivity index (χ0) is 18.9. The Labute approximate surface area is 154 Å². The van der Waals surface area contributed by atoms with Crippen LogP contribution < -0.4 is 10.2 Å². The molecule has 0 aliphatic carbocycles. The molecule has 5 heteroatoms. The molecule has 2 aromatic carbocycles. The molecule has 0 aliphatic heterocycles. The van der Waals surface area contributed by atoms with Crippen LogP contribution in [0.1, 0.15) is 39.0 Å². The van der Waals surface area contributed by atoms with Crippen LogP contribution in [0, 0.1) is 11.6 Å². The summed E-state index contributed by atoms with van der Waals surface area (Å²) in [4.78, 5) is 13.8. The number of hydrogen-bond donors (Lipinski definition) is 1. The van der Waals surface area contributed by atoms with Gasteiger partial charge in [0.15, 0.2) is 0 Å². The lowest BCUT2D eigenvalue weighted by molar-refractivity contribution is 0.247. The van der Waals surface area contributed by atoms with Crippen molar-refractivity contribution in [3.63, 3.8) is 0 Å². The van der Waals surface area contributed by atoms with E-state index in [1.165, 1.54) is 36.3 Å². The number of urea groups is 1. The van der Waals surface area contributed by atoms with Crippen molar-refractivity contribution < 1.29 is 13.6 Å². The van der Waals surface area contributed by atoms with Crippen molar-refractivity contribution in [1.82, 2.24) is 5.32 Å². The number of amides is 2. The summed E-state index contributed by atoms with van der Waals surface area (Å²) in [6.07, 6.45) is 5.68. The van der Waals surface area contributed by atoms with Gasteiger partial charge in [-0.05, 0) is 41.8 Å². The summed E-state index contributed by atoms with van der Waals surface area (Å²) in [5.41, 5.74) is 1.75. The van der Waals surface area contributed by atoms with E-state index in [-0.39, 0.29) is 6.03 Å². The molecule has 2 rings (SSSR count). The minimum absolute atomic E-state index is 0.192. The van der Waals surface area contributed by atoms with Crippen LogP contribution in [0.5, 0.6) is 0 Å². The summed E-state index contributed by atoms with van der Waals surface area (Å²) in [6, 6.07) is 10.3. The van der Waals surface area contributed by atoms with Gasteiger partial charge in [-0.2, -0.15) is 0 Å². The second kappa shape index (κ2) is 9.90. The molecule has 0 spiro atoms. The Morgan fingerprint density at radius 1 is 0.962 bits per heavy atom. The number of nitrogens with one attached hydrogen (secondary N) is 1. The number of hydrogen-bond acceptors (Lipinski definition) is 1. The van der Waals surface area contributed by atoms with Gasteiger partial charge in [0, 0.05) is 25.3 Å². The van der Waals surface area contributed by atoms with Crippen LogP contribution >= 0.6 is 0 Å². The van der Waals surface area contributed by atoms with Gasteiger partial charge in [0.2, 0.25) is 0 Å². The van der Waals surface area contributed by atoms with Crippen LogP contribution in [-0.4, -0.2) is 19.6 Å². The largest absolute Gasteiger partial charge is 0.338 e. The maximum atomic E-state index is 13.4. The van der Waals surface area contributed by atoms with Gasteiger partial charge < -0.3 is 5.32 Å². The fourth-order valence-corrected chi connectivity index (χ4v) is 2.77. The van der Waals surface area contributed by atoms with Crippen LogP contribution in [0.15, 0.2) is 42.5 Å². The van der Waals surface area contributed by atoms with Crippen molar-refractivity contribution in [3.05, 3.63) is 54.1 Å². The first-order valence-electron chi connectivity index (χ1n) is 9.09. The van der Waals surface area contributed by atoms with Gasteiger partial charge >= 0.3 is 6.03 Å². The first kappa shape index (κ1) is 19.9. The number of benzene rings is 2. The molecule has 1 N–H and O–H groups in total. The molecular weight excluding hydrogens is 334 g/mol. The third-order valence-electron chi connectivity index (χ3n) is 4.29. The molecular formula is C21H26F2N2O. The van der Waals surface area contributed by atoms with Crippen molar-refractivity contribution in [1.29, 1.82) is 0 Å². The number of halogens is 2. The van der Waals surface area contributed by atoms with Crippen molar-refractivity contribution in [2.75, 3.05) is 18.5 Å². The van der Waals surface area contributed by atoms with Crippen LogP contribution in [0.25, 0.3) is 11.1 Å². The highest BCUT2D eigenvalue weighted by molar-refractivity contribution is 5.92. The van der Waals surface area contributed by atoms with Gasteiger partial charge in [0.1, 0.15) is 11.6 Å². The molecule has 140 valence electrons. The van der Waals surface area contributed by atoms with Crippen LogP contribution in [0.4, 0.5) is 19.3 Å². The van der Waals surface area contributed by atoms with E-state index in [0.717, 1.165) is 18.9 Å². The Morgan fingerprint density at radius 3 is 2.35 bits per heavy atom. The number of carbonyl (C=O) groups excluding carboxylic acids is 1. The van der Waals surface area contributed by atoms with E-state index < -0.39 is 11.6 Å². The van der Waals surface area contributed by atoms with E-state index >= 15 is 0 Å². The van der Waals surface area contributed by atoms with Crippen LogP contribution in [0.3, 0.4) is 0 Å². The van der Waals surface area contributed by atoms with Gasteiger partial charge in [-0.25, -0.2) is 13.6 Å². The minimum Gasteiger partial charge on any atom is -0.338 e. The van der Waals surface area contributed by atoms with Crippen LogP contribution in [-0.2, 0) is 0 Å². The Balaban J connectivity index is 1.98. The SMILES string of the molecule is CCCCCCCNC(=O)N(C)c1cccc(-c2cc(F)cc(F)c2)c1. The van der Waals surface area contributed by atoms with E-state index in [4.69, 9.17) is 0 Å². The predicted octanol–water partition coefficient (Wildman–Crippen LogP) is 5.75. The average molecular weight is 360 g/mol. The van der Waals surface area contributed by atoms with Gasteiger partial charge in [0.05, 0.1) is 0 Å². The Morgan fingerprint density at radius 2 is 1.65 bits per heavy atom. The summed E-state index contributed by atoms with van der Waals surface area (Å²) in [7, 11) is 1.68. The van der Waals surface area contributed by atoms with Gasteiger partial charge in [-0.1, -0.05) is 44.7 Å². The summed E-state index contributed by atoms with van der Waals surface area (Å²) < 4.78 is 26.9. The minimum atomic E-state index is -0.625. The topological polar surface area (TPSA) is 32.3 Å². The molecule has 0 aliphatic rings. The number of anilines is 1. The second-order valence-corrected chi connectivity index (χ2v) is 6.41. The zero-order valence-electron chi connectivity index (χ0n) is 15.4. The molecule has 0 aromatic heterocycles. The molecule has 2 aromatic rings. The third kappa shape index (κ3) is 5.83. The van der Waals surface area contributed by atoms with E-state index in [9.17, 15) is 13.6 Å². The monoisotopic (exact) mass is 360 g/mol. The second-order valence-electron chi connectivity index (χ2n) is 6.41. The molecule has 2 amide bonds. The van der Waals surface area contributed by atoms with Crippen LogP contribution in [0.2, 0.25) is 0 Å². The number of rotatable bonds is 8. The molecule has 26 heavy (non-hydrogen) atoms. The lowest BCUT2D eigenvalue weighted by Crippen LogP contribution is -2.37. The van der Waals surface area contributed by atoms with Gasteiger partial charge in [0.25, 0.3) is 0 Å². The third-order valence-corrected chi connectivity index (χ3v) is 4.29. The number of unbranched alkanes of at least 4 members (excludes halogenated alkanes) is 4. The molecule has 0 unspecified atom stereocenters. The first-order chi connectivity index (χ1) is 12.5. The number of carbonyl (C=O) groups is 1. The quantitative estimate of drug-likeness (QED) is 0.598. The Bertz CT molecular complexity index is 713. The molecule has 0 radical (unpaired) electrons. The van der Waals surface area contributed by atoms with E-state index in [2.05, 4.69) is 12.2 Å². The standard InChI is InChI=1S/C21H26F2N2O/c1-3-4-5-6-7-11-24-21(26)25(2)20-10-8-9-16(14-20)17-12-18(22)15-19(23)13-17/h8-10,12-15H,3-7,11H2,1-2H3,(H,24,26). The zero-order valence-corrected chi connectivity index (χ0v) is 15.4. The molecule has 0 fully saturated rings. The Kier molecular flexibility index (Phi) is 7.57. The molecule has 0 bridgehead atoms. The highest BCUT2D eigenvalue weighted by atomic mass is 19.1. The first-order valence-corrected chi connectivity index (χ1v) is 9.09. The predicted molar refractivity (Wildman–Crippen MR) is 102 cm³/mol. The van der Waals surface area contributed by atoms with Crippen molar-refractivity contribution in [3.8, 4) is 11.1 Å². The number of nitrogens with zero attached hydrogens (tertiary/aromatic N) is 1. The van der Waals surface area contributed by atoms with E-state index in [0.29, 0.717) is 23.4 Å². The lowest BCUT2D eigenvalue weighted by atomic mass is 10.0. The lowest BCUT2D eigenvalue weighted by Gasteiger charge is -2.19. The fraction of sp³-hybridized carbons (Fsp3) is 0.381. The molecule has 0 saturated heterocycles. The summed E-state index contributed by atoms with van der Waals surface area (Å²) in [6.45, 7) is 2.81. The van der Waals surface area contributed by atoms with E-state index in [1.807, 2.05) is 0 Å². The maximum absolute atomic E-state index is 13.4. The Hall–Kier alpha value is -2.43. The summed E-state index contributed by atoms with van der Waals surface area (Å²) in [5, 5.41) is 2.90. The summed E-state index contributed by atoms with van der Waals surface area (Å²) >= 11 is 0. The van der Waals surface area contributed by atoms with Crippen molar-refractivity contribution in [2.45, 2.75) is 39.0 Å². The highest BCUT2D eigenvalue weighted by Gasteiger charge is 2.11. The fourth-order valence-electron chi connectivity index (χ4n) is 2.77. The average Bonchev–Trinajstić information content (AvgIpc) is 2.63. The van der Waals surface area contributed by atoms with E-state index in [1.54, 1.807) is 31.3 Å². The maximum Gasteiger partial charge on any atom is 0.321 e. The normalized spacial score (nSPS) is 10.6. The molecule has 0 atom stereocenters. The molecule has 3 nitrogen and oxygen atoms in total. The van der Waals surface area contributed by atoms with Crippen molar-refractivity contribution in [2.24, 2.45) is 0 Å². The van der Waals surface area contributed by atoms with Crippen molar-refractivity contribution >= 4 is 11.7 Å². The highest BCUT2D eigenvalue weighted by Crippen LogP contribution is 2.25. The summed E-state index contributed by atoms with van der Waals surface area (Å²) in [5.74, 6) is -1.25. The van der Waals surface area contributed by atoms with Gasteiger partial charge in [-0.15, -0.1) is 0 Å². The van der Waals surface area contributed by atoms with Gasteiger partial charge in [-0.3, -0.25) is 4.90 Å². The molecule has 0 heterocycles. The smallest absolute Gasteiger partial charge is 0.321 e. The molecule has 0 saturated carbocycles.